The topological polar surface area (TPSA) is 86.5 Å². The second-order valence-corrected chi connectivity index (χ2v) is 3.86. The Balaban J connectivity index is 2.67. The van der Waals surface area contributed by atoms with Crippen molar-refractivity contribution >= 4 is 5.97 Å². The van der Waals surface area contributed by atoms with Crippen LogP contribution in [0.2, 0.25) is 0 Å². The van der Waals surface area contributed by atoms with E-state index in [-0.39, 0.29) is 5.69 Å². The van der Waals surface area contributed by atoms with E-state index in [2.05, 4.69) is 10.3 Å². The van der Waals surface area contributed by atoms with Crippen LogP contribution in [0.1, 0.15) is 29.0 Å². The molecule has 0 aliphatic heterocycles. The summed E-state index contributed by atoms with van der Waals surface area (Å²) in [7, 11) is 3.23. The molecule has 1 N–H and O–H groups in total. The Morgan fingerprint density at radius 3 is 2.61 bits per heavy atom. The zero-order chi connectivity index (χ0) is 13.4. The molecule has 1 aromatic heterocycles. The molecule has 0 saturated carbocycles. The Hall–Kier alpha value is -1.47. The second-order valence-electron chi connectivity index (χ2n) is 3.86. The Bertz CT molecular complexity index is 378. The van der Waals surface area contributed by atoms with Gasteiger partial charge in [-0.2, -0.15) is 0 Å². The maximum Gasteiger partial charge on any atom is 0.358 e. The third-order valence-corrected chi connectivity index (χ3v) is 2.55. The van der Waals surface area contributed by atoms with Gasteiger partial charge in [-0.3, -0.25) is 0 Å². The number of hydrogen-bond acceptors (Lipinski definition) is 5. The number of unbranched alkanes of at least 4 members (excludes halogenated alkanes) is 1. The van der Waals surface area contributed by atoms with Gasteiger partial charge in [-0.15, -0.1) is 5.10 Å². The molecule has 0 atom stereocenters. The van der Waals surface area contributed by atoms with Crippen molar-refractivity contribution in [2.24, 2.45) is 0 Å². The predicted octanol–water partition coefficient (Wildman–Crippen LogP) is 0.592. The lowest BCUT2D eigenvalue weighted by atomic mass is 10.2. The molecule has 0 spiro atoms. The molecular formula is C11H19N3O4. The van der Waals surface area contributed by atoms with E-state index in [9.17, 15) is 4.79 Å². The van der Waals surface area contributed by atoms with Gasteiger partial charge in [-0.05, 0) is 12.8 Å². The van der Waals surface area contributed by atoms with Crippen molar-refractivity contribution in [3.63, 3.8) is 0 Å². The molecular weight excluding hydrogens is 238 g/mol. The van der Waals surface area contributed by atoms with Crippen LogP contribution in [0, 0.1) is 0 Å². The van der Waals surface area contributed by atoms with Crippen molar-refractivity contribution in [3.05, 3.63) is 11.4 Å². The Labute approximate surface area is 106 Å². The third kappa shape index (κ3) is 4.08. The maximum absolute atomic E-state index is 11.0. The molecule has 0 amide bonds. The summed E-state index contributed by atoms with van der Waals surface area (Å²) in [4.78, 5) is 11.0. The van der Waals surface area contributed by atoms with Gasteiger partial charge in [0, 0.05) is 33.8 Å². The summed E-state index contributed by atoms with van der Waals surface area (Å²) in [6, 6.07) is 0. The summed E-state index contributed by atoms with van der Waals surface area (Å²) >= 11 is 0. The van der Waals surface area contributed by atoms with Crippen molar-refractivity contribution in [2.75, 3.05) is 27.4 Å². The van der Waals surface area contributed by atoms with Crippen molar-refractivity contribution in [3.8, 4) is 0 Å². The van der Waals surface area contributed by atoms with Crippen LogP contribution in [0.15, 0.2) is 0 Å². The molecule has 0 aliphatic carbocycles. The van der Waals surface area contributed by atoms with Crippen LogP contribution in [0.5, 0.6) is 0 Å². The van der Waals surface area contributed by atoms with Crippen molar-refractivity contribution in [1.82, 2.24) is 15.0 Å². The van der Waals surface area contributed by atoms with E-state index in [1.807, 2.05) is 0 Å². The molecule has 0 bridgehead atoms. The van der Waals surface area contributed by atoms with Crippen LogP contribution in [-0.2, 0) is 22.4 Å². The lowest BCUT2D eigenvalue weighted by Gasteiger charge is -2.06. The number of carboxylic acids is 1. The number of rotatable bonds is 9. The highest BCUT2D eigenvalue weighted by molar-refractivity contribution is 5.86. The van der Waals surface area contributed by atoms with E-state index in [1.54, 1.807) is 18.9 Å². The molecule has 7 nitrogen and oxygen atoms in total. The maximum atomic E-state index is 11.0. The number of carbonyl (C=O) groups is 1. The molecule has 7 heteroatoms. The lowest BCUT2D eigenvalue weighted by molar-refractivity contribution is 0.0688. The monoisotopic (exact) mass is 257 g/mol. The largest absolute Gasteiger partial charge is 0.476 e. The minimum absolute atomic E-state index is 0.0128. The molecule has 0 saturated heterocycles. The zero-order valence-electron chi connectivity index (χ0n) is 10.8. The first-order chi connectivity index (χ1) is 8.70. The fourth-order valence-corrected chi connectivity index (χ4v) is 1.63. The summed E-state index contributed by atoms with van der Waals surface area (Å²) in [5.74, 6) is -1.05. The summed E-state index contributed by atoms with van der Waals surface area (Å²) < 4.78 is 11.6. The molecule has 1 aromatic rings. The van der Waals surface area contributed by atoms with Crippen LogP contribution in [-0.4, -0.2) is 53.5 Å². The molecule has 1 heterocycles. The van der Waals surface area contributed by atoms with Gasteiger partial charge in [0.1, 0.15) is 0 Å². The average Bonchev–Trinajstić information content (AvgIpc) is 2.75. The van der Waals surface area contributed by atoms with Crippen LogP contribution in [0.25, 0.3) is 0 Å². The van der Waals surface area contributed by atoms with Crippen molar-refractivity contribution in [2.45, 2.75) is 25.8 Å². The standard InChI is InChI=1S/C11H19N3O4/c1-17-7-4-3-6-14-9(5-8-18-2)10(11(15)16)12-13-14/h3-8H2,1-2H3,(H,15,16). The van der Waals surface area contributed by atoms with Crippen LogP contribution in [0.4, 0.5) is 0 Å². The summed E-state index contributed by atoms with van der Waals surface area (Å²) in [6.07, 6.45) is 2.27. The number of aromatic nitrogens is 3. The Morgan fingerprint density at radius 1 is 1.28 bits per heavy atom. The van der Waals surface area contributed by atoms with E-state index in [1.165, 1.54) is 0 Å². The van der Waals surface area contributed by atoms with E-state index in [4.69, 9.17) is 14.6 Å². The average molecular weight is 257 g/mol. The fourth-order valence-electron chi connectivity index (χ4n) is 1.63. The van der Waals surface area contributed by atoms with Gasteiger partial charge in [-0.25, -0.2) is 9.48 Å². The number of hydrogen-bond donors (Lipinski definition) is 1. The minimum atomic E-state index is -1.05. The minimum Gasteiger partial charge on any atom is -0.476 e. The van der Waals surface area contributed by atoms with Gasteiger partial charge in [-0.1, -0.05) is 5.21 Å². The number of methoxy groups -OCH3 is 2. The molecule has 102 valence electrons. The number of aromatic carboxylic acids is 1. The highest BCUT2D eigenvalue weighted by Gasteiger charge is 2.18. The first-order valence-electron chi connectivity index (χ1n) is 5.84. The van der Waals surface area contributed by atoms with Crippen molar-refractivity contribution in [1.29, 1.82) is 0 Å². The van der Waals surface area contributed by atoms with E-state index in [0.29, 0.717) is 31.9 Å². The normalized spacial score (nSPS) is 10.8. The first kappa shape index (κ1) is 14.6. The molecule has 0 fully saturated rings. The predicted molar refractivity (Wildman–Crippen MR) is 63.7 cm³/mol. The highest BCUT2D eigenvalue weighted by Crippen LogP contribution is 2.08. The van der Waals surface area contributed by atoms with Crippen LogP contribution >= 0.6 is 0 Å². The van der Waals surface area contributed by atoms with E-state index in [0.717, 1.165) is 12.8 Å². The summed E-state index contributed by atoms with van der Waals surface area (Å²) in [6.45, 7) is 1.78. The summed E-state index contributed by atoms with van der Waals surface area (Å²) in [5, 5.41) is 16.6. The molecule has 18 heavy (non-hydrogen) atoms. The number of aryl methyl sites for hydroxylation is 1. The van der Waals surface area contributed by atoms with Gasteiger partial charge in [0.2, 0.25) is 0 Å². The quantitative estimate of drug-likeness (QED) is 0.652. The number of nitrogens with zero attached hydrogens (tertiary/aromatic N) is 3. The Morgan fingerprint density at radius 2 is 2.00 bits per heavy atom. The van der Waals surface area contributed by atoms with Crippen LogP contribution in [0.3, 0.4) is 0 Å². The molecule has 0 unspecified atom stereocenters. The third-order valence-electron chi connectivity index (χ3n) is 2.55. The number of ether oxygens (including phenoxy) is 2. The van der Waals surface area contributed by atoms with Gasteiger partial charge in [0.25, 0.3) is 0 Å². The van der Waals surface area contributed by atoms with E-state index < -0.39 is 5.97 Å². The van der Waals surface area contributed by atoms with Crippen molar-refractivity contribution < 1.29 is 19.4 Å². The SMILES string of the molecule is COCCCCn1nnc(C(=O)O)c1CCOC. The van der Waals surface area contributed by atoms with Gasteiger partial charge in [0.05, 0.1) is 12.3 Å². The number of carboxylic acid groups (broad SMARTS) is 1. The molecule has 0 aromatic carbocycles. The van der Waals surface area contributed by atoms with E-state index >= 15 is 0 Å². The van der Waals surface area contributed by atoms with Gasteiger partial charge in [0.15, 0.2) is 5.69 Å². The van der Waals surface area contributed by atoms with Crippen LogP contribution < -0.4 is 0 Å². The van der Waals surface area contributed by atoms with Gasteiger partial charge >= 0.3 is 5.97 Å². The summed E-state index contributed by atoms with van der Waals surface area (Å²) in [5.41, 5.74) is 0.626. The Kier molecular flexibility index (Phi) is 6.31. The second kappa shape index (κ2) is 7.78. The van der Waals surface area contributed by atoms with Gasteiger partial charge < -0.3 is 14.6 Å². The molecule has 0 aliphatic rings. The smallest absolute Gasteiger partial charge is 0.358 e. The highest BCUT2D eigenvalue weighted by atomic mass is 16.5. The lowest BCUT2D eigenvalue weighted by Crippen LogP contribution is -2.11. The first-order valence-corrected chi connectivity index (χ1v) is 5.84. The molecule has 0 radical (unpaired) electrons. The zero-order valence-corrected chi connectivity index (χ0v) is 10.8. The fraction of sp³-hybridized carbons (Fsp3) is 0.727. The molecule has 1 rings (SSSR count).